The second-order valence-electron chi connectivity index (χ2n) is 4.63. The predicted octanol–water partition coefficient (Wildman–Crippen LogP) is 4.98. The number of rotatable bonds is 1. The predicted molar refractivity (Wildman–Crippen MR) is 78.8 cm³/mol. The largest absolute Gasteiger partial charge is 0.361 e. The Bertz CT molecular complexity index is 548. The maximum absolute atomic E-state index is 3.12. The summed E-state index contributed by atoms with van der Waals surface area (Å²) in [6, 6.07) is 20.8. The summed E-state index contributed by atoms with van der Waals surface area (Å²) < 4.78 is 0. The third-order valence-corrected chi connectivity index (χ3v) is 2.93. The third kappa shape index (κ3) is 3.24. The average molecular weight is 237 g/mol. The molecule has 0 radical (unpaired) electrons. The molecule has 1 heterocycles. The van der Waals surface area contributed by atoms with Crippen LogP contribution in [0, 0.1) is 0 Å². The van der Waals surface area contributed by atoms with Gasteiger partial charge in [-0.15, -0.1) is 0 Å². The van der Waals surface area contributed by atoms with E-state index in [0.29, 0.717) is 5.92 Å². The Morgan fingerprint density at radius 3 is 2.06 bits per heavy atom. The van der Waals surface area contributed by atoms with E-state index < -0.39 is 0 Å². The average Bonchev–Trinajstić information content (AvgIpc) is 2.89. The van der Waals surface area contributed by atoms with Crippen LogP contribution in [-0.4, -0.2) is 4.98 Å². The maximum Gasteiger partial charge on any atom is 0.0453 e. The fraction of sp³-hybridized carbons (Fsp3) is 0.176. The van der Waals surface area contributed by atoms with Gasteiger partial charge >= 0.3 is 0 Å². The van der Waals surface area contributed by atoms with Crippen LogP contribution in [0.1, 0.15) is 25.3 Å². The number of hydrogen-bond acceptors (Lipinski definition) is 0. The van der Waals surface area contributed by atoms with Crippen LogP contribution >= 0.6 is 0 Å². The van der Waals surface area contributed by atoms with E-state index in [2.05, 4.69) is 61.3 Å². The van der Waals surface area contributed by atoms with Crippen molar-refractivity contribution in [2.75, 3.05) is 0 Å². The first-order chi connectivity index (χ1) is 8.77. The van der Waals surface area contributed by atoms with Gasteiger partial charge in [0.1, 0.15) is 0 Å². The lowest BCUT2D eigenvalue weighted by molar-refractivity contribution is 0.867. The minimum Gasteiger partial charge on any atom is -0.361 e. The number of nitrogens with one attached hydrogen (secondary N) is 1. The molecule has 2 aromatic carbocycles. The van der Waals surface area contributed by atoms with Crippen molar-refractivity contribution >= 4 is 10.9 Å². The molecule has 3 rings (SSSR count). The van der Waals surface area contributed by atoms with Crippen molar-refractivity contribution in [3.8, 4) is 0 Å². The second-order valence-corrected chi connectivity index (χ2v) is 4.63. The van der Waals surface area contributed by atoms with Gasteiger partial charge in [-0.2, -0.15) is 0 Å². The Morgan fingerprint density at radius 2 is 1.44 bits per heavy atom. The summed E-state index contributed by atoms with van der Waals surface area (Å²) in [4.78, 5) is 3.12. The van der Waals surface area contributed by atoms with Gasteiger partial charge in [-0.25, -0.2) is 0 Å². The highest BCUT2D eigenvalue weighted by molar-refractivity contribution is 5.78. The molecule has 0 saturated heterocycles. The summed E-state index contributed by atoms with van der Waals surface area (Å²) in [5.74, 6) is 0.659. The van der Waals surface area contributed by atoms with Crippen molar-refractivity contribution in [1.82, 2.24) is 4.98 Å². The maximum atomic E-state index is 3.12. The van der Waals surface area contributed by atoms with Crippen LogP contribution in [0.15, 0.2) is 66.9 Å². The number of aromatic amines is 1. The van der Waals surface area contributed by atoms with Crippen LogP contribution < -0.4 is 0 Å². The summed E-state index contributed by atoms with van der Waals surface area (Å²) in [5, 5.41) is 1.28. The Labute approximate surface area is 108 Å². The van der Waals surface area contributed by atoms with Crippen molar-refractivity contribution < 1.29 is 0 Å². The van der Waals surface area contributed by atoms with Crippen molar-refractivity contribution in [2.45, 2.75) is 19.8 Å². The Hall–Kier alpha value is -2.02. The molecular formula is C17H19N. The number of fused-ring (bicyclic) bond motifs is 1. The Morgan fingerprint density at radius 1 is 0.778 bits per heavy atom. The quantitative estimate of drug-likeness (QED) is 0.614. The number of H-pyrrole nitrogens is 1. The molecule has 0 spiro atoms. The molecule has 3 aromatic rings. The SMILES string of the molecule is CC(C)c1ccccc1.c1ccc2[nH]ccc2c1. The highest BCUT2D eigenvalue weighted by Gasteiger charge is 1.93. The zero-order chi connectivity index (χ0) is 12.8. The smallest absolute Gasteiger partial charge is 0.0453 e. The minimum absolute atomic E-state index is 0.659. The summed E-state index contributed by atoms with van der Waals surface area (Å²) >= 11 is 0. The molecule has 92 valence electrons. The zero-order valence-corrected chi connectivity index (χ0v) is 10.9. The molecule has 0 amide bonds. The normalized spacial score (nSPS) is 10.2. The molecule has 1 heteroatoms. The Kier molecular flexibility index (Phi) is 4.19. The van der Waals surface area contributed by atoms with Gasteiger partial charge in [0.2, 0.25) is 0 Å². The summed E-state index contributed by atoms with van der Waals surface area (Å²) in [7, 11) is 0. The first-order valence-electron chi connectivity index (χ1n) is 6.34. The lowest BCUT2D eigenvalue weighted by Gasteiger charge is -2.01. The van der Waals surface area contributed by atoms with Gasteiger partial charge in [0.05, 0.1) is 0 Å². The molecule has 18 heavy (non-hydrogen) atoms. The second kappa shape index (κ2) is 6.06. The number of hydrogen-bond donors (Lipinski definition) is 1. The highest BCUT2D eigenvalue weighted by Crippen LogP contribution is 2.11. The van der Waals surface area contributed by atoms with E-state index in [1.54, 1.807) is 0 Å². The summed E-state index contributed by atoms with van der Waals surface area (Å²) in [5.41, 5.74) is 2.62. The van der Waals surface area contributed by atoms with Gasteiger partial charge in [0, 0.05) is 11.7 Å². The van der Waals surface area contributed by atoms with Crippen LogP contribution in [0.25, 0.3) is 10.9 Å². The number of aromatic nitrogens is 1. The first kappa shape index (κ1) is 12.4. The van der Waals surface area contributed by atoms with E-state index in [9.17, 15) is 0 Å². The number of benzene rings is 2. The van der Waals surface area contributed by atoms with Crippen molar-refractivity contribution in [3.63, 3.8) is 0 Å². The minimum atomic E-state index is 0.659. The van der Waals surface area contributed by atoms with E-state index in [1.807, 2.05) is 24.4 Å². The molecule has 0 aliphatic heterocycles. The van der Waals surface area contributed by atoms with Crippen LogP contribution in [0.5, 0.6) is 0 Å². The van der Waals surface area contributed by atoms with Crippen molar-refractivity contribution in [3.05, 3.63) is 72.4 Å². The molecular weight excluding hydrogens is 218 g/mol. The highest BCUT2D eigenvalue weighted by atomic mass is 14.6. The van der Waals surface area contributed by atoms with Gasteiger partial charge < -0.3 is 4.98 Å². The molecule has 1 nitrogen and oxygen atoms in total. The van der Waals surface area contributed by atoms with E-state index in [4.69, 9.17) is 0 Å². The van der Waals surface area contributed by atoms with Crippen LogP contribution in [0.4, 0.5) is 0 Å². The summed E-state index contributed by atoms with van der Waals surface area (Å²) in [6.07, 6.45) is 1.95. The van der Waals surface area contributed by atoms with Gasteiger partial charge in [-0.05, 0) is 29.0 Å². The van der Waals surface area contributed by atoms with Gasteiger partial charge in [0.15, 0.2) is 0 Å². The third-order valence-electron chi connectivity index (χ3n) is 2.93. The zero-order valence-electron chi connectivity index (χ0n) is 10.9. The van der Waals surface area contributed by atoms with Gasteiger partial charge in [-0.3, -0.25) is 0 Å². The van der Waals surface area contributed by atoms with E-state index >= 15 is 0 Å². The Balaban J connectivity index is 0.000000134. The molecule has 0 unspecified atom stereocenters. The van der Waals surface area contributed by atoms with Crippen LogP contribution in [0.2, 0.25) is 0 Å². The fourth-order valence-electron chi connectivity index (χ4n) is 1.83. The molecule has 1 aromatic heterocycles. The lowest BCUT2D eigenvalue weighted by atomic mass is 10.0. The molecule has 0 aliphatic rings. The molecule has 0 aliphatic carbocycles. The summed E-state index contributed by atoms with van der Waals surface area (Å²) in [6.45, 7) is 4.41. The standard InChI is InChI=1S/C9H12.C8H7N/c1-8(2)9-6-4-3-5-7-9;1-2-4-8-7(3-1)5-6-9-8/h3-8H,1-2H3;1-6,9H. The molecule has 1 N–H and O–H groups in total. The van der Waals surface area contributed by atoms with Gasteiger partial charge in [-0.1, -0.05) is 62.4 Å². The first-order valence-corrected chi connectivity index (χ1v) is 6.34. The monoisotopic (exact) mass is 237 g/mol. The van der Waals surface area contributed by atoms with E-state index in [1.165, 1.54) is 16.5 Å². The fourth-order valence-corrected chi connectivity index (χ4v) is 1.83. The molecule has 0 saturated carbocycles. The van der Waals surface area contributed by atoms with Crippen LogP contribution in [0.3, 0.4) is 0 Å². The molecule has 0 fully saturated rings. The topological polar surface area (TPSA) is 15.8 Å². The van der Waals surface area contributed by atoms with Crippen molar-refractivity contribution in [2.24, 2.45) is 0 Å². The number of para-hydroxylation sites is 1. The molecule has 0 bridgehead atoms. The van der Waals surface area contributed by atoms with Crippen LogP contribution in [-0.2, 0) is 0 Å². The van der Waals surface area contributed by atoms with E-state index in [0.717, 1.165) is 0 Å². The molecule has 0 atom stereocenters. The lowest BCUT2D eigenvalue weighted by Crippen LogP contribution is -1.83. The van der Waals surface area contributed by atoms with Crippen molar-refractivity contribution in [1.29, 1.82) is 0 Å². The van der Waals surface area contributed by atoms with E-state index in [-0.39, 0.29) is 0 Å². The van der Waals surface area contributed by atoms with Gasteiger partial charge in [0.25, 0.3) is 0 Å².